The number of carboxylic acid groups (broad SMARTS) is 1. The van der Waals surface area contributed by atoms with E-state index < -0.39 is 5.97 Å². The van der Waals surface area contributed by atoms with Crippen molar-refractivity contribution in [3.63, 3.8) is 0 Å². The number of anilines is 1. The quantitative estimate of drug-likeness (QED) is 0.832. The Morgan fingerprint density at radius 2 is 2.10 bits per heavy atom. The van der Waals surface area contributed by atoms with Crippen molar-refractivity contribution in [2.75, 3.05) is 12.3 Å². The largest absolute Gasteiger partial charge is 0.478 e. The van der Waals surface area contributed by atoms with Crippen LogP contribution in [0.3, 0.4) is 0 Å². The van der Waals surface area contributed by atoms with Crippen LogP contribution in [-0.2, 0) is 6.54 Å². The smallest absolute Gasteiger partial charge is 0.338 e. The van der Waals surface area contributed by atoms with Crippen molar-refractivity contribution in [2.45, 2.75) is 44.7 Å². The number of likely N-dealkylation sites (tertiary alicyclic amines) is 1. The topological polar surface area (TPSA) is 66.6 Å². The minimum absolute atomic E-state index is 0.285. The molecule has 1 heterocycles. The van der Waals surface area contributed by atoms with Gasteiger partial charge in [-0.15, -0.1) is 0 Å². The van der Waals surface area contributed by atoms with Gasteiger partial charge in [-0.1, -0.05) is 18.6 Å². The second-order valence-electron chi connectivity index (χ2n) is 6.06. The summed E-state index contributed by atoms with van der Waals surface area (Å²) in [6.07, 6.45) is 6.48. The van der Waals surface area contributed by atoms with E-state index in [4.69, 9.17) is 5.73 Å². The molecule has 4 nitrogen and oxygen atoms in total. The van der Waals surface area contributed by atoms with Crippen LogP contribution in [0.4, 0.5) is 5.69 Å². The Morgan fingerprint density at radius 1 is 1.30 bits per heavy atom. The molecule has 1 saturated carbocycles. The minimum atomic E-state index is -0.918. The average Bonchev–Trinajstić information content (AvgIpc) is 2.87. The summed E-state index contributed by atoms with van der Waals surface area (Å²) in [7, 11) is 0. The summed E-state index contributed by atoms with van der Waals surface area (Å²) in [6, 6.07) is 6.07. The maximum Gasteiger partial charge on any atom is 0.338 e. The van der Waals surface area contributed by atoms with Crippen molar-refractivity contribution in [1.82, 2.24) is 4.90 Å². The van der Waals surface area contributed by atoms with Crippen LogP contribution < -0.4 is 5.73 Å². The highest BCUT2D eigenvalue weighted by Crippen LogP contribution is 2.37. The second-order valence-corrected chi connectivity index (χ2v) is 6.06. The zero-order valence-corrected chi connectivity index (χ0v) is 11.7. The highest BCUT2D eigenvalue weighted by molar-refractivity contribution is 5.95. The molecular weight excluding hydrogens is 252 g/mol. The first kappa shape index (κ1) is 13.4. The SMILES string of the molecule is Nc1cccc(CN2CCCC3CCCC32)c1C(=O)O. The lowest BCUT2D eigenvalue weighted by atomic mass is 9.91. The Bertz CT molecular complexity index is 515. The molecule has 1 aromatic rings. The number of nitrogens with two attached hydrogens (primary N) is 1. The number of carboxylic acids is 1. The van der Waals surface area contributed by atoms with E-state index in [-0.39, 0.29) is 5.56 Å². The van der Waals surface area contributed by atoms with Gasteiger partial charge in [0.05, 0.1) is 5.56 Å². The van der Waals surface area contributed by atoms with Crippen molar-refractivity contribution in [3.8, 4) is 0 Å². The van der Waals surface area contributed by atoms with Crippen LogP contribution in [0.15, 0.2) is 18.2 Å². The maximum atomic E-state index is 11.4. The fourth-order valence-corrected chi connectivity index (χ4v) is 3.98. The van der Waals surface area contributed by atoms with Gasteiger partial charge in [-0.3, -0.25) is 4.90 Å². The Hall–Kier alpha value is -1.55. The van der Waals surface area contributed by atoms with E-state index in [0.717, 1.165) is 18.0 Å². The van der Waals surface area contributed by atoms with Gasteiger partial charge in [0.25, 0.3) is 0 Å². The summed E-state index contributed by atoms with van der Waals surface area (Å²) in [4.78, 5) is 13.9. The first-order valence-corrected chi connectivity index (χ1v) is 7.51. The third-order valence-corrected chi connectivity index (χ3v) is 4.88. The minimum Gasteiger partial charge on any atom is -0.478 e. The fourth-order valence-electron chi connectivity index (χ4n) is 3.98. The standard InChI is InChI=1S/C16H22N2O2/c17-13-7-1-5-12(15(13)16(19)20)10-18-9-3-6-11-4-2-8-14(11)18/h1,5,7,11,14H,2-4,6,8-10,17H2,(H,19,20). The molecule has 0 spiro atoms. The summed E-state index contributed by atoms with van der Waals surface area (Å²) >= 11 is 0. The maximum absolute atomic E-state index is 11.4. The molecule has 2 atom stereocenters. The molecule has 20 heavy (non-hydrogen) atoms. The Kier molecular flexibility index (Phi) is 3.66. The molecule has 2 unspecified atom stereocenters. The van der Waals surface area contributed by atoms with Crippen LogP contribution in [0.1, 0.15) is 48.0 Å². The molecule has 3 N–H and O–H groups in total. The average molecular weight is 274 g/mol. The van der Waals surface area contributed by atoms with Crippen molar-refractivity contribution in [1.29, 1.82) is 0 Å². The lowest BCUT2D eigenvalue weighted by molar-refractivity contribution is 0.0691. The number of hydrogen-bond donors (Lipinski definition) is 2. The molecule has 0 radical (unpaired) electrons. The van der Waals surface area contributed by atoms with E-state index >= 15 is 0 Å². The Labute approximate surface area is 119 Å². The van der Waals surface area contributed by atoms with Crippen molar-refractivity contribution >= 4 is 11.7 Å². The third kappa shape index (κ3) is 2.40. The molecule has 0 bridgehead atoms. The summed E-state index contributed by atoms with van der Waals surface area (Å²) in [5.74, 6) is -0.101. The van der Waals surface area contributed by atoms with Crippen LogP contribution in [0.2, 0.25) is 0 Å². The van der Waals surface area contributed by atoms with Crippen LogP contribution >= 0.6 is 0 Å². The molecule has 0 aromatic heterocycles. The molecule has 1 saturated heterocycles. The van der Waals surface area contributed by atoms with E-state index in [1.165, 1.54) is 32.1 Å². The molecule has 0 amide bonds. The summed E-state index contributed by atoms with van der Waals surface area (Å²) in [5.41, 5.74) is 7.34. The number of carbonyl (C=O) groups is 1. The Balaban J connectivity index is 1.84. The van der Waals surface area contributed by atoms with E-state index in [1.807, 2.05) is 12.1 Å². The second kappa shape index (κ2) is 5.44. The molecule has 4 heteroatoms. The normalized spacial score (nSPS) is 26.4. The van der Waals surface area contributed by atoms with Crippen LogP contribution in [0.25, 0.3) is 0 Å². The van der Waals surface area contributed by atoms with Crippen LogP contribution in [0, 0.1) is 5.92 Å². The highest BCUT2D eigenvalue weighted by Gasteiger charge is 2.35. The number of piperidine rings is 1. The number of aromatic carboxylic acids is 1. The van der Waals surface area contributed by atoms with Crippen molar-refractivity contribution in [2.24, 2.45) is 5.92 Å². The van der Waals surface area contributed by atoms with Gasteiger partial charge in [-0.25, -0.2) is 4.79 Å². The van der Waals surface area contributed by atoms with Crippen LogP contribution in [0.5, 0.6) is 0 Å². The van der Waals surface area contributed by atoms with E-state index in [9.17, 15) is 9.90 Å². The third-order valence-electron chi connectivity index (χ3n) is 4.88. The number of nitrogen functional groups attached to an aromatic ring is 1. The predicted molar refractivity (Wildman–Crippen MR) is 78.6 cm³/mol. The van der Waals surface area contributed by atoms with E-state index in [2.05, 4.69) is 4.90 Å². The molecule has 2 fully saturated rings. The lowest BCUT2D eigenvalue weighted by Gasteiger charge is -2.38. The van der Waals surface area contributed by atoms with E-state index in [1.54, 1.807) is 6.07 Å². The molecule has 1 aliphatic carbocycles. The van der Waals surface area contributed by atoms with Crippen molar-refractivity contribution in [3.05, 3.63) is 29.3 Å². The van der Waals surface area contributed by atoms with Gasteiger partial charge >= 0.3 is 5.97 Å². The van der Waals surface area contributed by atoms with Gasteiger partial charge in [0.2, 0.25) is 0 Å². The van der Waals surface area contributed by atoms with Gasteiger partial charge in [0.1, 0.15) is 0 Å². The molecule has 108 valence electrons. The van der Waals surface area contributed by atoms with Crippen molar-refractivity contribution < 1.29 is 9.90 Å². The Morgan fingerprint density at radius 3 is 2.90 bits per heavy atom. The zero-order valence-electron chi connectivity index (χ0n) is 11.7. The number of fused-ring (bicyclic) bond motifs is 1. The van der Waals surface area contributed by atoms with Gasteiger partial charge in [-0.05, 0) is 49.8 Å². The zero-order chi connectivity index (χ0) is 14.1. The van der Waals surface area contributed by atoms with Crippen LogP contribution in [-0.4, -0.2) is 28.6 Å². The van der Waals surface area contributed by atoms with Gasteiger partial charge < -0.3 is 10.8 Å². The molecule has 2 aliphatic rings. The molecule has 3 rings (SSSR count). The predicted octanol–water partition coefficient (Wildman–Crippen LogP) is 2.73. The highest BCUT2D eigenvalue weighted by atomic mass is 16.4. The number of hydrogen-bond acceptors (Lipinski definition) is 3. The first-order valence-electron chi connectivity index (χ1n) is 7.51. The molecule has 1 aliphatic heterocycles. The van der Waals surface area contributed by atoms with Gasteiger partial charge in [0.15, 0.2) is 0 Å². The number of nitrogens with zero attached hydrogens (tertiary/aromatic N) is 1. The summed E-state index contributed by atoms with van der Waals surface area (Å²) in [6.45, 7) is 1.79. The van der Waals surface area contributed by atoms with E-state index in [0.29, 0.717) is 18.3 Å². The molecular formula is C16H22N2O2. The van der Waals surface area contributed by atoms with Gasteiger partial charge in [0, 0.05) is 18.3 Å². The fraction of sp³-hybridized carbons (Fsp3) is 0.562. The monoisotopic (exact) mass is 274 g/mol. The first-order chi connectivity index (χ1) is 9.66. The van der Waals surface area contributed by atoms with Gasteiger partial charge in [-0.2, -0.15) is 0 Å². The molecule has 1 aromatic carbocycles. The number of rotatable bonds is 3. The summed E-state index contributed by atoms with van der Waals surface area (Å²) in [5, 5.41) is 9.36. The lowest BCUT2D eigenvalue weighted by Crippen LogP contribution is -2.42. The number of benzene rings is 1. The summed E-state index contributed by atoms with van der Waals surface area (Å²) < 4.78 is 0.